The first kappa shape index (κ1) is 15.7. The molecule has 1 aliphatic heterocycles. The van der Waals surface area contributed by atoms with Gasteiger partial charge in [0.05, 0.1) is 10.7 Å². The summed E-state index contributed by atoms with van der Waals surface area (Å²) in [5.41, 5.74) is 2.47. The fourth-order valence-electron chi connectivity index (χ4n) is 3.08. The van der Waals surface area contributed by atoms with Crippen LogP contribution < -0.4 is 10.2 Å². The molecule has 20 heavy (non-hydrogen) atoms. The van der Waals surface area contributed by atoms with E-state index in [1.165, 1.54) is 36.9 Å². The first-order chi connectivity index (χ1) is 9.63. The highest BCUT2D eigenvalue weighted by atomic mass is 35.5. The van der Waals surface area contributed by atoms with Crippen LogP contribution in [0.1, 0.15) is 58.1 Å². The average Bonchev–Trinajstić information content (AvgIpc) is 2.64. The summed E-state index contributed by atoms with van der Waals surface area (Å²) >= 11 is 6.56. The first-order valence-electron chi connectivity index (χ1n) is 7.93. The lowest BCUT2D eigenvalue weighted by Crippen LogP contribution is -2.32. The van der Waals surface area contributed by atoms with Crippen molar-refractivity contribution in [2.24, 2.45) is 0 Å². The molecule has 0 aliphatic carbocycles. The topological polar surface area (TPSA) is 15.3 Å². The van der Waals surface area contributed by atoms with Gasteiger partial charge < -0.3 is 10.2 Å². The maximum atomic E-state index is 6.56. The van der Waals surface area contributed by atoms with Crippen molar-refractivity contribution in [1.82, 2.24) is 5.32 Å². The minimum Gasteiger partial charge on any atom is -0.368 e. The summed E-state index contributed by atoms with van der Waals surface area (Å²) in [6.07, 6.45) is 5.22. The van der Waals surface area contributed by atoms with Crippen molar-refractivity contribution in [2.75, 3.05) is 18.0 Å². The van der Waals surface area contributed by atoms with Crippen molar-refractivity contribution in [3.63, 3.8) is 0 Å². The third-order valence-electron chi connectivity index (χ3n) is 4.34. The van der Waals surface area contributed by atoms with E-state index in [4.69, 9.17) is 11.6 Å². The number of nitrogens with one attached hydrogen (secondary N) is 1. The molecule has 2 unspecified atom stereocenters. The van der Waals surface area contributed by atoms with E-state index < -0.39 is 0 Å². The molecule has 1 aromatic rings. The van der Waals surface area contributed by atoms with Gasteiger partial charge in [-0.2, -0.15) is 0 Å². The van der Waals surface area contributed by atoms with Gasteiger partial charge in [0, 0.05) is 18.6 Å². The van der Waals surface area contributed by atoms with E-state index >= 15 is 0 Å². The van der Waals surface area contributed by atoms with E-state index in [1.807, 2.05) is 0 Å². The highest BCUT2D eigenvalue weighted by Crippen LogP contribution is 2.32. The summed E-state index contributed by atoms with van der Waals surface area (Å²) in [5, 5.41) is 4.32. The van der Waals surface area contributed by atoms with Crippen LogP contribution in [0.2, 0.25) is 5.02 Å². The molecule has 0 amide bonds. The third kappa shape index (κ3) is 3.67. The van der Waals surface area contributed by atoms with Crippen LogP contribution in [0, 0.1) is 0 Å². The Labute approximate surface area is 128 Å². The predicted molar refractivity (Wildman–Crippen MR) is 88.8 cm³/mol. The van der Waals surface area contributed by atoms with Crippen LogP contribution in [-0.2, 0) is 0 Å². The molecular weight excluding hydrogens is 268 g/mol. The highest BCUT2D eigenvalue weighted by Gasteiger charge is 2.19. The Kier molecular flexibility index (Phi) is 5.74. The Morgan fingerprint density at radius 2 is 2.15 bits per heavy atom. The molecule has 1 N–H and O–H groups in total. The van der Waals surface area contributed by atoms with E-state index in [-0.39, 0.29) is 0 Å². The Bertz CT molecular complexity index is 433. The molecule has 0 spiro atoms. The van der Waals surface area contributed by atoms with Gasteiger partial charge in [0.2, 0.25) is 0 Å². The van der Waals surface area contributed by atoms with Crippen LogP contribution in [0.3, 0.4) is 0 Å². The van der Waals surface area contributed by atoms with Crippen molar-refractivity contribution in [2.45, 2.75) is 58.5 Å². The van der Waals surface area contributed by atoms with Crippen LogP contribution >= 0.6 is 11.6 Å². The van der Waals surface area contributed by atoms with Crippen LogP contribution in [0.15, 0.2) is 18.2 Å². The number of anilines is 1. The number of halogens is 1. The second-order valence-electron chi connectivity index (χ2n) is 5.88. The lowest BCUT2D eigenvalue weighted by molar-refractivity contribution is 0.597. The quantitative estimate of drug-likeness (QED) is 0.860. The van der Waals surface area contributed by atoms with Gasteiger partial charge in [0.1, 0.15) is 0 Å². The molecule has 2 rings (SSSR count). The van der Waals surface area contributed by atoms with Crippen molar-refractivity contribution in [3.8, 4) is 0 Å². The van der Waals surface area contributed by atoms with E-state index in [0.717, 1.165) is 18.1 Å². The standard InChI is InChI=1S/C17H27ClN2/c1-4-19-14(3)15-9-10-17(16(18)12-15)20-11-7-5-6-8-13(20)2/h9-10,12-14,19H,4-8,11H2,1-3H3. The van der Waals surface area contributed by atoms with Crippen LogP contribution in [0.4, 0.5) is 5.69 Å². The van der Waals surface area contributed by atoms with Gasteiger partial charge in [0.15, 0.2) is 0 Å². The first-order valence-corrected chi connectivity index (χ1v) is 8.30. The zero-order valence-electron chi connectivity index (χ0n) is 13.0. The molecule has 2 nitrogen and oxygen atoms in total. The molecule has 0 radical (unpaired) electrons. The van der Waals surface area contributed by atoms with Crippen LogP contribution in [0.25, 0.3) is 0 Å². The molecule has 3 heteroatoms. The molecule has 0 aromatic heterocycles. The number of nitrogens with zero attached hydrogens (tertiary/aromatic N) is 1. The minimum atomic E-state index is 0.355. The molecule has 112 valence electrons. The number of benzene rings is 1. The summed E-state index contributed by atoms with van der Waals surface area (Å²) in [6.45, 7) is 8.73. The second-order valence-corrected chi connectivity index (χ2v) is 6.29. The van der Waals surface area contributed by atoms with Crippen molar-refractivity contribution in [3.05, 3.63) is 28.8 Å². The summed E-state index contributed by atoms with van der Waals surface area (Å²) in [5.74, 6) is 0. The van der Waals surface area contributed by atoms with E-state index in [1.54, 1.807) is 0 Å². The Balaban J connectivity index is 2.20. The molecule has 0 saturated carbocycles. The average molecular weight is 295 g/mol. The zero-order valence-corrected chi connectivity index (χ0v) is 13.7. The van der Waals surface area contributed by atoms with Crippen molar-refractivity contribution >= 4 is 17.3 Å². The van der Waals surface area contributed by atoms with Gasteiger partial charge in [-0.3, -0.25) is 0 Å². The highest BCUT2D eigenvalue weighted by molar-refractivity contribution is 6.33. The molecule has 0 bridgehead atoms. The fraction of sp³-hybridized carbons (Fsp3) is 0.647. The predicted octanol–water partition coefficient (Wildman–Crippen LogP) is 4.78. The Morgan fingerprint density at radius 1 is 1.35 bits per heavy atom. The van der Waals surface area contributed by atoms with Gasteiger partial charge in [-0.05, 0) is 50.9 Å². The molecule has 2 atom stereocenters. The largest absolute Gasteiger partial charge is 0.368 e. The zero-order chi connectivity index (χ0) is 14.5. The lowest BCUT2D eigenvalue weighted by Gasteiger charge is -2.30. The molecular formula is C17H27ClN2. The minimum absolute atomic E-state index is 0.355. The number of rotatable bonds is 4. The second kappa shape index (κ2) is 7.33. The smallest absolute Gasteiger partial charge is 0.0642 e. The summed E-state index contributed by atoms with van der Waals surface area (Å²) < 4.78 is 0. The van der Waals surface area contributed by atoms with Gasteiger partial charge in [-0.1, -0.05) is 37.4 Å². The van der Waals surface area contributed by atoms with Crippen LogP contribution in [-0.4, -0.2) is 19.1 Å². The Hall–Kier alpha value is -0.730. The van der Waals surface area contributed by atoms with E-state index in [9.17, 15) is 0 Å². The van der Waals surface area contributed by atoms with Gasteiger partial charge >= 0.3 is 0 Å². The molecule has 1 aromatic carbocycles. The maximum Gasteiger partial charge on any atom is 0.0642 e. The third-order valence-corrected chi connectivity index (χ3v) is 4.65. The van der Waals surface area contributed by atoms with E-state index in [0.29, 0.717) is 12.1 Å². The van der Waals surface area contributed by atoms with Crippen molar-refractivity contribution < 1.29 is 0 Å². The van der Waals surface area contributed by atoms with Crippen LogP contribution in [0.5, 0.6) is 0 Å². The molecule has 1 aliphatic rings. The van der Waals surface area contributed by atoms with Gasteiger partial charge in [-0.25, -0.2) is 0 Å². The fourth-order valence-corrected chi connectivity index (χ4v) is 3.38. The number of hydrogen-bond acceptors (Lipinski definition) is 2. The summed E-state index contributed by atoms with van der Waals surface area (Å²) in [4.78, 5) is 2.48. The molecule has 1 fully saturated rings. The molecule has 1 heterocycles. The SMILES string of the molecule is CCNC(C)c1ccc(N2CCCCCC2C)c(Cl)c1. The normalized spacial score (nSPS) is 21.6. The summed E-state index contributed by atoms with van der Waals surface area (Å²) in [7, 11) is 0. The monoisotopic (exact) mass is 294 g/mol. The Morgan fingerprint density at radius 3 is 2.85 bits per heavy atom. The van der Waals surface area contributed by atoms with Gasteiger partial charge in [-0.15, -0.1) is 0 Å². The molecule has 1 saturated heterocycles. The lowest BCUT2D eigenvalue weighted by atomic mass is 10.1. The van der Waals surface area contributed by atoms with Gasteiger partial charge in [0.25, 0.3) is 0 Å². The van der Waals surface area contributed by atoms with Crippen molar-refractivity contribution in [1.29, 1.82) is 0 Å². The maximum absolute atomic E-state index is 6.56. The summed E-state index contributed by atoms with van der Waals surface area (Å²) in [6, 6.07) is 7.49. The van der Waals surface area contributed by atoms with E-state index in [2.05, 4.69) is 49.2 Å². The number of hydrogen-bond donors (Lipinski definition) is 1.